The zero-order chi connectivity index (χ0) is 25.9. The summed E-state index contributed by atoms with van der Waals surface area (Å²) in [4.78, 5) is 43.1. The number of hydrogen-bond acceptors (Lipinski definition) is 8. The molecule has 2 atom stereocenters. The van der Waals surface area contributed by atoms with Crippen molar-refractivity contribution in [3.63, 3.8) is 0 Å². The Morgan fingerprint density at radius 3 is 2.62 bits per heavy atom. The Kier molecular flexibility index (Phi) is 7.65. The predicted octanol–water partition coefficient (Wildman–Crippen LogP) is 3.01. The first-order chi connectivity index (χ1) is 17.9. The standard InChI is InChI=1S/C26H28N4O5S2/c31-22-17-3-1-2-4-18(17)29-21(22)24(33)30-19(25(34)35)13-28-23(32)20-12-15-11-16(36-26(15)37-20)6-5-14-7-9-27-10-8-14/h1-4,11-12,14,19,22,27,31H,5-10,13H2,(H,28,32)(H,30,33)(H,34,35). The number of hydrogen-bond donors (Lipinski definition) is 5. The lowest BCUT2D eigenvalue weighted by Gasteiger charge is -2.22. The Morgan fingerprint density at radius 1 is 1.11 bits per heavy atom. The van der Waals surface area contributed by atoms with Gasteiger partial charge in [-0.2, -0.15) is 0 Å². The lowest BCUT2D eigenvalue weighted by Crippen LogP contribution is -2.50. The van der Waals surface area contributed by atoms with Crippen molar-refractivity contribution in [2.24, 2.45) is 10.9 Å². The normalized spacial score (nSPS) is 18.3. The summed E-state index contributed by atoms with van der Waals surface area (Å²) in [5.41, 5.74) is 0.778. The fourth-order valence-corrected chi connectivity index (χ4v) is 7.11. The van der Waals surface area contributed by atoms with Crippen molar-refractivity contribution in [3.05, 3.63) is 51.7 Å². The van der Waals surface area contributed by atoms with E-state index in [4.69, 9.17) is 0 Å². The number of amides is 2. The van der Waals surface area contributed by atoms with Crippen LogP contribution in [0, 0.1) is 5.92 Å². The van der Waals surface area contributed by atoms with E-state index in [0.29, 0.717) is 16.1 Å². The van der Waals surface area contributed by atoms with Gasteiger partial charge in [-0.05, 0) is 62.9 Å². The Morgan fingerprint density at radius 2 is 1.89 bits per heavy atom. The molecule has 194 valence electrons. The quantitative estimate of drug-likeness (QED) is 0.283. The number of rotatable bonds is 9. The highest BCUT2D eigenvalue weighted by atomic mass is 32.2. The van der Waals surface area contributed by atoms with Gasteiger partial charge in [0.25, 0.3) is 11.8 Å². The molecule has 3 aromatic rings. The summed E-state index contributed by atoms with van der Waals surface area (Å²) in [6.45, 7) is 1.89. The molecule has 2 amide bonds. The van der Waals surface area contributed by atoms with E-state index in [1.807, 2.05) is 6.07 Å². The highest BCUT2D eigenvalue weighted by Crippen LogP contribution is 2.35. The van der Waals surface area contributed by atoms with E-state index in [1.165, 1.54) is 35.5 Å². The van der Waals surface area contributed by atoms with Crippen LogP contribution in [0.15, 0.2) is 41.4 Å². The average Bonchev–Trinajstić information content (AvgIpc) is 3.57. The van der Waals surface area contributed by atoms with E-state index in [-0.39, 0.29) is 12.3 Å². The van der Waals surface area contributed by atoms with Crippen LogP contribution in [0.5, 0.6) is 0 Å². The number of aliphatic hydroxyl groups excluding tert-OH is 1. The molecule has 0 aliphatic carbocycles. The smallest absolute Gasteiger partial charge is 0.328 e. The third-order valence-corrected chi connectivity index (χ3v) is 9.23. The maximum atomic E-state index is 12.7. The minimum absolute atomic E-state index is 0.173. The van der Waals surface area contributed by atoms with E-state index in [1.54, 1.807) is 35.6 Å². The topological polar surface area (TPSA) is 140 Å². The average molecular weight is 541 g/mol. The lowest BCUT2D eigenvalue weighted by atomic mass is 9.93. The molecule has 2 aliphatic rings. The fourth-order valence-electron chi connectivity index (χ4n) is 4.69. The van der Waals surface area contributed by atoms with E-state index in [0.717, 1.165) is 34.8 Å². The molecule has 0 radical (unpaired) electrons. The lowest BCUT2D eigenvalue weighted by molar-refractivity contribution is -0.140. The number of aryl methyl sites for hydroxylation is 1. The summed E-state index contributed by atoms with van der Waals surface area (Å²) >= 11 is 3.09. The van der Waals surface area contributed by atoms with E-state index in [2.05, 4.69) is 27.0 Å². The van der Waals surface area contributed by atoms with Crippen LogP contribution in [-0.2, 0) is 16.0 Å². The van der Waals surface area contributed by atoms with Gasteiger partial charge in [-0.15, -0.1) is 22.7 Å². The SMILES string of the molecule is O=C(NC(CNC(=O)c1cc2cc(CCC3CCNCC3)sc2s1)C(=O)O)C1=Nc2ccccc2C1O. The number of nitrogens with one attached hydrogen (secondary N) is 3. The number of piperidine rings is 1. The third-order valence-electron chi connectivity index (χ3n) is 6.78. The largest absolute Gasteiger partial charge is 0.480 e. The predicted molar refractivity (Wildman–Crippen MR) is 144 cm³/mol. The summed E-state index contributed by atoms with van der Waals surface area (Å²) in [5.74, 6) is -1.72. The van der Waals surface area contributed by atoms with Crippen LogP contribution >= 0.6 is 22.7 Å². The van der Waals surface area contributed by atoms with Gasteiger partial charge in [-0.1, -0.05) is 18.2 Å². The summed E-state index contributed by atoms with van der Waals surface area (Å²) in [7, 11) is 0. The number of para-hydroxylation sites is 1. The van der Waals surface area contributed by atoms with Gasteiger partial charge >= 0.3 is 5.97 Å². The van der Waals surface area contributed by atoms with Crippen molar-refractivity contribution >= 4 is 61.3 Å². The minimum Gasteiger partial charge on any atom is -0.480 e. The number of aliphatic hydroxyl groups is 1. The molecular weight excluding hydrogens is 512 g/mol. The van der Waals surface area contributed by atoms with E-state index < -0.39 is 29.9 Å². The van der Waals surface area contributed by atoms with Crippen LogP contribution < -0.4 is 16.0 Å². The third kappa shape index (κ3) is 5.74. The van der Waals surface area contributed by atoms with Gasteiger partial charge < -0.3 is 26.2 Å². The molecular formula is C26H28N4O5S2. The van der Waals surface area contributed by atoms with E-state index >= 15 is 0 Å². The summed E-state index contributed by atoms with van der Waals surface area (Å²) in [5, 5.41) is 29.4. The Hall–Kier alpha value is -3.12. The van der Waals surface area contributed by atoms with E-state index in [9.17, 15) is 24.6 Å². The molecule has 37 heavy (non-hydrogen) atoms. The zero-order valence-electron chi connectivity index (χ0n) is 20.0. The molecule has 1 aromatic carbocycles. The number of carbonyl (C=O) groups is 3. The number of fused-ring (bicyclic) bond motifs is 2. The maximum absolute atomic E-state index is 12.7. The number of aliphatic carboxylic acids is 1. The van der Waals surface area contributed by atoms with Gasteiger partial charge in [0.2, 0.25) is 0 Å². The maximum Gasteiger partial charge on any atom is 0.328 e. The Balaban J connectivity index is 1.16. The molecule has 0 bridgehead atoms. The molecule has 11 heteroatoms. The number of carboxylic acid groups (broad SMARTS) is 1. The molecule has 0 spiro atoms. The van der Waals surface area contributed by atoms with Crippen molar-refractivity contribution in [3.8, 4) is 0 Å². The fraction of sp³-hybridized carbons (Fsp3) is 0.385. The Labute approximate surface area is 221 Å². The molecule has 0 saturated carbocycles. The number of carboxylic acids is 1. The zero-order valence-corrected chi connectivity index (χ0v) is 21.7. The van der Waals surface area contributed by atoms with Crippen molar-refractivity contribution in [1.29, 1.82) is 0 Å². The van der Waals surface area contributed by atoms with Crippen LogP contribution in [0.2, 0.25) is 0 Å². The summed E-state index contributed by atoms with van der Waals surface area (Å²) in [6.07, 6.45) is 3.45. The Bertz CT molecular complexity index is 1330. The minimum atomic E-state index is -1.38. The first-order valence-electron chi connectivity index (χ1n) is 12.3. The molecule has 2 aliphatic heterocycles. The molecule has 5 N–H and O–H groups in total. The van der Waals surface area contributed by atoms with Crippen LogP contribution in [0.3, 0.4) is 0 Å². The number of nitrogens with zero attached hydrogens (tertiary/aromatic N) is 1. The van der Waals surface area contributed by atoms with Gasteiger partial charge in [0.1, 0.15) is 17.9 Å². The van der Waals surface area contributed by atoms with Gasteiger partial charge in [0.15, 0.2) is 0 Å². The molecule has 1 saturated heterocycles. The molecule has 1 fully saturated rings. The monoisotopic (exact) mass is 540 g/mol. The molecule has 2 aromatic heterocycles. The van der Waals surface area contributed by atoms with Gasteiger partial charge in [-0.25, -0.2) is 9.79 Å². The molecule has 5 rings (SSSR count). The second kappa shape index (κ2) is 11.1. The number of benzene rings is 1. The number of thiophene rings is 2. The van der Waals surface area contributed by atoms with Crippen LogP contribution in [0.25, 0.3) is 9.40 Å². The summed E-state index contributed by atoms with van der Waals surface area (Å²) < 4.78 is 1.07. The molecule has 9 nitrogen and oxygen atoms in total. The van der Waals surface area contributed by atoms with Crippen LogP contribution in [-0.4, -0.2) is 59.4 Å². The van der Waals surface area contributed by atoms with Crippen LogP contribution in [0.4, 0.5) is 5.69 Å². The second-order valence-corrected chi connectivity index (χ2v) is 11.8. The second-order valence-electron chi connectivity index (χ2n) is 9.33. The van der Waals surface area contributed by atoms with Crippen molar-refractivity contribution in [2.45, 2.75) is 37.8 Å². The number of carbonyl (C=O) groups excluding carboxylic acids is 2. The van der Waals surface area contributed by atoms with Crippen molar-refractivity contribution in [2.75, 3.05) is 19.6 Å². The van der Waals surface area contributed by atoms with Gasteiger partial charge in [-0.3, -0.25) is 9.59 Å². The van der Waals surface area contributed by atoms with Gasteiger partial charge in [0.05, 0.1) is 14.6 Å². The first-order valence-corrected chi connectivity index (χ1v) is 13.9. The van der Waals surface area contributed by atoms with Crippen molar-refractivity contribution in [1.82, 2.24) is 16.0 Å². The molecule has 2 unspecified atom stereocenters. The number of aliphatic imine (C=N–C) groups is 1. The first kappa shape index (κ1) is 25.5. The van der Waals surface area contributed by atoms with Crippen LogP contribution in [0.1, 0.15) is 45.5 Å². The highest BCUT2D eigenvalue weighted by molar-refractivity contribution is 7.39. The van der Waals surface area contributed by atoms with Gasteiger partial charge in [0, 0.05) is 22.4 Å². The van der Waals surface area contributed by atoms with Crippen molar-refractivity contribution < 1.29 is 24.6 Å². The summed E-state index contributed by atoms with van der Waals surface area (Å²) in [6, 6.07) is 9.36. The molecule has 4 heterocycles. The highest BCUT2D eigenvalue weighted by Gasteiger charge is 2.32.